The zero-order valence-electron chi connectivity index (χ0n) is 17.0. The Bertz CT molecular complexity index is 1240. The maximum Gasteiger partial charge on any atom is 0.251 e. The van der Waals surface area contributed by atoms with Gasteiger partial charge in [-0.05, 0) is 48.5 Å². The number of nitrogens with one attached hydrogen (secondary N) is 1. The Labute approximate surface area is 195 Å². The van der Waals surface area contributed by atoms with Crippen LogP contribution in [0, 0.1) is 0 Å². The van der Waals surface area contributed by atoms with Crippen LogP contribution in [0.25, 0.3) is 16.9 Å². The molecule has 0 radical (unpaired) electrons. The molecule has 0 saturated carbocycles. The summed E-state index contributed by atoms with van der Waals surface area (Å²) in [5, 5.41) is 8.55. The number of hydrogen-bond donors (Lipinski definition) is 2. The van der Waals surface area contributed by atoms with E-state index in [1.807, 2.05) is 30.3 Å². The zero-order chi connectivity index (χ0) is 22.5. The summed E-state index contributed by atoms with van der Waals surface area (Å²) in [5.41, 5.74) is 9.00. The van der Waals surface area contributed by atoms with E-state index in [2.05, 4.69) is 10.4 Å². The van der Waals surface area contributed by atoms with Crippen molar-refractivity contribution in [3.05, 3.63) is 94.5 Å². The van der Waals surface area contributed by atoms with Crippen LogP contribution in [0.4, 0.5) is 5.82 Å². The second-order valence-electron chi connectivity index (χ2n) is 6.96. The maximum absolute atomic E-state index is 12.4. The second kappa shape index (κ2) is 9.77. The van der Waals surface area contributed by atoms with Crippen LogP contribution in [-0.4, -0.2) is 28.8 Å². The van der Waals surface area contributed by atoms with Gasteiger partial charge < -0.3 is 15.8 Å². The first-order chi connectivity index (χ1) is 15.5. The highest BCUT2D eigenvalue weighted by Crippen LogP contribution is 2.25. The minimum Gasteiger partial charge on any atom is -0.490 e. The molecular weight excluding hydrogens is 447 g/mol. The van der Waals surface area contributed by atoms with Gasteiger partial charge in [-0.2, -0.15) is 5.10 Å². The molecule has 0 fully saturated rings. The van der Waals surface area contributed by atoms with Crippen LogP contribution in [0.3, 0.4) is 0 Å². The van der Waals surface area contributed by atoms with Crippen molar-refractivity contribution < 1.29 is 9.53 Å². The lowest BCUT2D eigenvalue weighted by atomic mass is 10.1. The molecule has 0 unspecified atom stereocenters. The molecule has 0 bridgehead atoms. The zero-order valence-corrected chi connectivity index (χ0v) is 18.5. The quantitative estimate of drug-likeness (QED) is 0.365. The molecule has 1 aromatic heterocycles. The number of para-hydroxylation sites is 1. The third kappa shape index (κ3) is 5.04. The highest BCUT2D eigenvalue weighted by Gasteiger charge is 2.11. The average molecular weight is 467 g/mol. The van der Waals surface area contributed by atoms with E-state index < -0.39 is 0 Å². The van der Waals surface area contributed by atoms with Crippen molar-refractivity contribution in [2.24, 2.45) is 0 Å². The fourth-order valence-corrected chi connectivity index (χ4v) is 3.52. The molecule has 8 heteroatoms. The normalized spacial score (nSPS) is 10.7. The van der Waals surface area contributed by atoms with Crippen molar-refractivity contribution in [3.63, 3.8) is 0 Å². The largest absolute Gasteiger partial charge is 0.490 e. The van der Waals surface area contributed by atoms with Crippen LogP contribution in [-0.2, 0) is 0 Å². The topological polar surface area (TPSA) is 82.2 Å². The summed E-state index contributed by atoms with van der Waals surface area (Å²) in [7, 11) is 0. The molecule has 0 atom stereocenters. The molecule has 1 heterocycles. The molecular formula is C24H20Cl2N4O2. The lowest BCUT2D eigenvalue weighted by Crippen LogP contribution is -2.28. The predicted molar refractivity (Wildman–Crippen MR) is 128 cm³/mol. The van der Waals surface area contributed by atoms with Crippen LogP contribution >= 0.6 is 23.2 Å². The summed E-state index contributed by atoms with van der Waals surface area (Å²) in [6.07, 6.45) is 0. The van der Waals surface area contributed by atoms with Gasteiger partial charge in [-0.3, -0.25) is 4.79 Å². The van der Waals surface area contributed by atoms with Gasteiger partial charge in [-0.15, -0.1) is 0 Å². The van der Waals surface area contributed by atoms with Gasteiger partial charge in [0.2, 0.25) is 0 Å². The number of anilines is 1. The number of benzene rings is 3. The number of hydrogen-bond acceptors (Lipinski definition) is 4. The molecule has 1 amide bonds. The highest BCUT2D eigenvalue weighted by atomic mass is 35.5. The summed E-state index contributed by atoms with van der Waals surface area (Å²) in [5.74, 6) is 0.864. The molecule has 4 rings (SSSR count). The Hall–Kier alpha value is -3.48. The fourth-order valence-electron chi connectivity index (χ4n) is 3.13. The van der Waals surface area contributed by atoms with E-state index in [1.54, 1.807) is 53.2 Å². The molecule has 0 aliphatic carbocycles. The first kappa shape index (κ1) is 21.7. The molecule has 4 aromatic rings. The number of nitrogen functional groups attached to an aromatic ring is 1. The number of amides is 1. The molecule has 0 spiro atoms. The molecule has 3 N–H and O–H groups in total. The van der Waals surface area contributed by atoms with Gasteiger partial charge in [0.1, 0.15) is 18.2 Å². The van der Waals surface area contributed by atoms with Crippen molar-refractivity contribution in [2.45, 2.75) is 0 Å². The Kier molecular flexibility index (Phi) is 6.63. The smallest absolute Gasteiger partial charge is 0.251 e. The highest BCUT2D eigenvalue weighted by molar-refractivity contribution is 6.32. The fraction of sp³-hybridized carbons (Fsp3) is 0.0833. The summed E-state index contributed by atoms with van der Waals surface area (Å²) >= 11 is 12.1. The number of ether oxygens (including phenoxy) is 1. The minimum atomic E-state index is -0.202. The summed E-state index contributed by atoms with van der Waals surface area (Å²) in [6.45, 7) is 0.657. The van der Waals surface area contributed by atoms with E-state index in [4.69, 9.17) is 33.7 Å². The van der Waals surface area contributed by atoms with Crippen LogP contribution in [0.15, 0.2) is 78.9 Å². The Balaban J connectivity index is 1.38. The molecule has 6 nitrogen and oxygen atoms in total. The van der Waals surface area contributed by atoms with E-state index in [0.29, 0.717) is 46.0 Å². The van der Waals surface area contributed by atoms with Crippen LogP contribution in [0.2, 0.25) is 10.0 Å². The molecule has 0 saturated heterocycles. The monoisotopic (exact) mass is 466 g/mol. The number of nitrogens with zero attached hydrogens (tertiary/aromatic N) is 2. The summed E-state index contributed by atoms with van der Waals surface area (Å²) in [4.78, 5) is 12.4. The lowest BCUT2D eigenvalue weighted by molar-refractivity contribution is 0.0947. The van der Waals surface area contributed by atoms with E-state index in [0.717, 1.165) is 11.3 Å². The minimum absolute atomic E-state index is 0.202. The van der Waals surface area contributed by atoms with E-state index in [9.17, 15) is 4.79 Å². The molecule has 0 aliphatic rings. The molecule has 3 aromatic carbocycles. The third-order valence-electron chi connectivity index (χ3n) is 4.71. The number of carbonyl (C=O) groups excluding carboxylic acids is 1. The van der Waals surface area contributed by atoms with E-state index in [-0.39, 0.29) is 5.91 Å². The van der Waals surface area contributed by atoms with Gasteiger partial charge in [0.05, 0.1) is 22.9 Å². The van der Waals surface area contributed by atoms with Crippen LogP contribution in [0.1, 0.15) is 10.4 Å². The second-order valence-corrected chi connectivity index (χ2v) is 7.80. The predicted octanol–water partition coefficient (Wildman–Crippen LogP) is 5.24. The van der Waals surface area contributed by atoms with Crippen LogP contribution in [0.5, 0.6) is 5.75 Å². The number of aromatic nitrogens is 2. The van der Waals surface area contributed by atoms with Gasteiger partial charge in [0, 0.05) is 22.2 Å². The standard InChI is InChI=1S/C24H20Cl2N4O2/c25-18-5-3-4-17(14-18)21-15-23(27)30(29-21)19-10-8-16(9-11-19)24(31)28-12-13-32-22-7-2-1-6-20(22)26/h1-11,14-15H,12-13,27H2,(H,28,31). The van der Waals surface area contributed by atoms with E-state index in [1.165, 1.54) is 0 Å². The van der Waals surface area contributed by atoms with E-state index >= 15 is 0 Å². The van der Waals surface area contributed by atoms with Gasteiger partial charge in [0.25, 0.3) is 5.91 Å². The summed E-state index contributed by atoms with van der Waals surface area (Å²) < 4.78 is 7.20. The third-order valence-corrected chi connectivity index (χ3v) is 5.26. The van der Waals surface area contributed by atoms with Gasteiger partial charge in [-0.25, -0.2) is 4.68 Å². The number of rotatable bonds is 7. The van der Waals surface area contributed by atoms with Gasteiger partial charge in [0.15, 0.2) is 0 Å². The Morgan fingerprint density at radius 3 is 2.53 bits per heavy atom. The van der Waals surface area contributed by atoms with Crippen molar-refractivity contribution in [1.29, 1.82) is 0 Å². The van der Waals surface area contributed by atoms with Crippen molar-refractivity contribution in [2.75, 3.05) is 18.9 Å². The number of nitrogens with two attached hydrogens (primary N) is 1. The Morgan fingerprint density at radius 1 is 1.00 bits per heavy atom. The average Bonchev–Trinajstić information content (AvgIpc) is 3.19. The van der Waals surface area contributed by atoms with Crippen LogP contribution < -0.4 is 15.8 Å². The SMILES string of the molecule is Nc1cc(-c2cccc(Cl)c2)nn1-c1ccc(C(=O)NCCOc2ccccc2Cl)cc1. The molecule has 32 heavy (non-hydrogen) atoms. The van der Waals surface area contributed by atoms with Gasteiger partial charge >= 0.3 is 0 Å². The summed E-state index contributed by atoms with van der Waals surface area (Å²) in [6, 6.07) is 23.4. The number of halogens is 2. The van der Waals surface area contributed by atoms with Crippen molar-refractivity contribution in [3.8, 4) is 22.7 Å². The maximum atomic E-state index is 12.4. The number of carbonyl (C=O) groups is 1. The first-order valence-electron chi connectivity index (χ1n) is 9.89. The first-order valence-corrected chi connectivity index (χ1v) is 10.6. The molecule has 0 aliphatic heterocycles. The van der Waals surface area contributed by atoms with Crippen molar-refractivity contribution >= 4 is 34.9 Å². The Morgan fingerprint density at radius 2 is 1.78 bits per heavy atom. The molecule has 162 valence electrons. The van der Waals surface area contributed by atoms with Crippen molar-refractivity contribution in [1.82, 2.24) is 15.1 Å². The van der Waals surface area contributed by atoms with Gasteiger partial charge in [-0.1, -0.05) is 47.5 Å². The lowest BCUT2D eigenvalue weighted by Gasteiger charge is -2.09.